The monoisotopic (exact) mass is 359 g/mol. The van der Waals surface area contributed by atoms with Crippen molar-refractivity contribution in [3.8, 4) is 0 Å². The van der Waals surface area contributed by atoms with Gasteiger partial charge in [-0.25, -0.2) is 0 Å². The van der Waals surface area contributed by atoms with E-state index in [-0.39, 0.29) is 24.3 Å². The number of carbonyl (C=O) groups excluding carboxylic acids is 1. The molecule has 1 aromatic heterocycles. The first-order valence-electron chi connectivity index (χ1n) is 8.40. The highest BCUT2D eigenvalue weighted by Gasteiger charge is 2.33. The van der Waals surface area contributed by atoms with Gasteiger partial charge in [0.15, 0.2) is 0 Å². The molecule has 6 heteroatoms. The Labute approximate surface area is 152 Å². The van der Waals surface area contributed by atoms with E-state index in [9.17, 15) is 9.90 Å². The number of hydrogen-bond acceptors (Lipinski definition) is 4. The predicted octanol–water partition coefficient (Wildman–Crippen LogP) is 2.06. The maximum atomic E-state index is 12.2. The minimum atomic E-state index is -0.0164. The van der Waals surface area contributed by atoms with Gasteiger partial charge in [-0.15, -0.1) is 0 Å². The molecule has 0 spiro atoms. The van der Waals surface area contributed by atoms with Gasteiger partial charge in [-0.2, -0.15) is 0 Å². The molecule has 1 aromatic carbocycles. The predicted molar refractivity (Wildman–Crippen MR) is 97.3 cm³/mol. The summed E-state index contributed by atoms with van der Waals surface area (Å²) in [6, 6.07) is 11.5. The summed E-state index contributed by atoms with van der Waals surface area (Å²) in [5.74, 6) is 0.331. The summed E-state index contributed by atoms with van der Waals surface area (Å²) in [6.45, 7) is 2.39. The summed E-state index contributed by atoms with van der Waals surface area (Å²) in [7, 11) is 0. The molecule has 1 aliphatic rings. The normalized spacial score (nSPS) is 20.6. The minimum Gasteiger partial charge on any atom is -0.396 e. The fourth-order valence-electron chi connectivity index (χ4n) is 3.32. The van der Waals surface area contributed by atoms with Gasteiger partial charge in [0.05, 0.1) is 6.54 Å². The standard InChI is InChI=1S/C19H22ClN3O2/c20-17-5-3-15(4-6-17)18-11-23(10-16(18)13-24)12-19(25)22-9-14-2-1-7-21-8-14/h1-8,16,18,24H,9-13H2,(H,22,25)/t16-,18-/m0/s1. The minimum absolute atomic E-state index is 0.0164. The zero-order chi connectivity index (χ0) is 17.6. The SMILES string of the molecule is O=C(CN1C[C@@H](CO)[C@H](c2ccc(Cl)cc2)C1)NCc1cccnc1. The van der Waals surface area contributed by atoms with Crippen molar-refractivity contribution in [2.75, 3.05) is 26.2 Å². The summed E-state index contributed by atoms with van der Waals surface area (Å²) in [5, 5.41) is 13.3. The lowest BCUT2D eigenvalue weighted by molar-refractivity contribution is -0.122. The van der Waals surface area contributed by atoms with Crippen LogP contribution >= 0.6 is 11.6 Å². The molecular formula is C19H22ClN3O2. The van der Waals surface area contributed by atoms with E-state index in [0.29, 0.717) is 24.7 Å². The van der Waals surface area contributed by atoms with Crippen molar-refractivity contribution in [2.45, 2.75) is 12.5 Å². The van der Waals surface area contributed by atoms with E-state index >= 15 is 0 Å². The largest absolute Gasteiger partial charge is 0.396 e. The number of likely N-dealkylation sites (tertiary alicyclic amines) is 1. The number of aromatic nitrogens is 1. The molecule has 0 aliphatic carbocycles. The summed E-state index contributed by atoms with van der Waals surface area (Å²) in [4.78, 5) is 18.3. The molecule has 2 atom stereocenters. The Balaban J connectivity index is 1.54. The molecule has 1 saturated heterocycles. The zero-order valence-electron chi connectivity index (χ0n) is 13.9. The number of amides is 1. The average Bonchev–Trinajstić information content (AvgIpc) is 3.04. The quantitative estimate of drug-likeness (QED) is 0.828. The van der Waals surface area contributed by atoms with Crippen LogP contribution in [-0.2, 0) is 11.3 Å². The summed E-state index contributed by atoms with van der Waals surface area (Å²) in [6.07, 6.45) is 3.45. The second-order valence-corrected chi connectivity index (χ2v) is 6.87. The van der Waals surface area contributed by atoms with Gasteiger partial charge in [-0.1, -0.05) is 29.8 Å². The molecule has 2 N–H and O–H groups in total. The van der Waals surface area contributed by atoms with Crippen LogP contribution in [0, 0.1) is 5.92 Å². The van der Waals surface area contributed by atoms with Crippen LogP contribution in [0.1, 0.15) is 17.0 Å². The molecule has 0 unspecified atom stereocenters. The van der Waals surface area contributed by atoms with Gasteiger partial charge in [-0.3, -0.25) is 14.7 Å². The van der Waals surface area contributed by atoms with Crippen LogP contribution in [0.3, 0.4) is 0 Å². The average molecular weight is 360 g/mol. The molecule has 1 fully saturated rings. The molecule has 132 valence electrons. The van der Waals surface area contributed by atoms with E-state index in [4.69, 9.17) is 11.6 Å². The highest BCUT2D eigenvalue weighted by molar-refractivity contribution is 6.30. The lowest BCUT2D eigenvalue weighted by Gasteiger charge is -2.16. The van der Waals surface area contributed by atoms with Gasteiger partial charge in [0, 0.05) is 55.5 Å². The molecule has 5 nitrogen and oxygen atoms in total. The Hall–Kier alpha value is -1.95. The maximum absolute atomic E-state index is 12.2. The second-order valence-electron chi connectivity index (χ2n) is 6.43. The molecule has 1 amide bonds. The van der Waals surface area contributed by atoms with Gasteiger partial charge in [0.25, 0.3) is 0 Å². The van der Waals surface area contributed by atoms with Crippen LogP contribution in [0.4, 0.5) is 0 Å². The third-order valence-corrected chi connectivity index (χ3v) is 4.88. The van der Waals surface area contributed by atoms with Gasteiger partial charge in [0.2, 0.25) is 5.91 Å². The Bertz CT molecular complexity index is 694. The maximum Gasteiger partial charge on any atom is 0.234 e. The first-order valence-corrected chi connectivity index (χ1v) is 8.78. The lowest BCUT2D eigenvalue weighted by Crippen LogP contribution is -2.36. The van der Waals surface area contributed by atoms with Gasteiger partial charge in [0.1, 0.15) is 0 Å². The molecule has 0 bridgehead atoms. The van der Waals surface area contributed by atoms with Gasteiger partial charge >= 0.3 is 0 Å². The van der Waals surface area contributed by atoms with Crippen molar-refractivity contribution in [3.63, 3.8) is 0 Å². The van der Waals surface area contributed by atoms with Crippen molar-refractivity contribution in [3.05, 3.63) is 64.9 Å². The van der Waals surface area contributed by atoms with E-state index < -0.39 is 0 Å². The highest BCUT2D eigenvalue weighted by atomic mass is 35.5. The Morgan fingerprint density at radius 1 is 1.28 bits per heavy atom. The van der Waals surface area contributed by atoms with E-state index in [2.05, 4.69) is 15.2 Å². The third kappa shape index (κ3) is 4.78. The number of halogens is 1. The first-order chi connectivity index (χ1) is 12.2. The number of aliphatic hydroxyl groups excluding tert-OH is 1. The summed E-state index contributed by atoms with van der Waals surface area (Å²) >= 11 is 5.95. The summed E-state index contributed by atoms with van der Waals surface area (Å²) in [5.41, 5.74) is 2.13. The van der Waals surface area contributed by atoms with Gasteiger partial charge < -0.3 is 10.4 Å². The molecule has 0 radical (unpaired) electrons. The van der Waals surface area contributed by atoms with Crippen LogP contribution in [-0.4, -0.2) is 47.1 Å². The summed E-state index contributed by atoms with van der Waals surface area (Å²) < 4.78 is 0. The van der Waals surface area contributed by atoms with E-state index in [1.165, 1.54) is 0 Å². The van der Waals surface area contributed by atoms with E-state index in [1.807, 2.05) is 36.4 Å². The Morgan fingerprint density at radius 2 is 2.08 bits per heavy atom. The molecule has 2 heterocycles. The number of hydrogen-bond donors (Lipinski definition) is 2. The van der Waals surface area contributed by atoms with Crippen molar-refractivity contribution in [1.82, 2.24) is 15.2 Å². The third-order valence-electron chi connectivity index (χ3n) is 4.63. The molecule has 2 aromatic rings. The van der Waals surface area contributed by atoms with Crippen LogP contribution < -0.4 is 5.32 Å². The van der Waals surface area contributed by atoms with Crippen molar-refractivity contribution < 1.29 is 9.90 Å². The number of benzene rings is 1. The number of rotatable bonds is 6. The number of nitrogens with zero attached hydrogens (tertiary/aromatic N) is 2. The van der Waals surface area contributed by atoms with Crippen LogP contribution in [0.2, 0.25) is 5.02 Å². The molecule has 3 rings (SSSR count). The van der Waals surface area contributed by atoms with E-state index in [1.54, 1.807) is 12.4 Å². The molecule has 0 saturated carbocycles. The smallest absolute Gasteiger partial charge is 0.234 e. The number of carbonyl (C=O) groups is 1. The van der Waals surface area contributed by atoms with E-state index in [0.717, 1.165) is 17.7 Å². The van der Waals surface area contributed by atoms with Gasteiger partial charge in [-0.05, 0) is 29.3 Å². The fraction of sp³-hybridized carbons (Fsp3) is 0.368. The van der Waals surface area contributed by atoms with Crippen molar-refractivity contribution >= 4 is 17.5 Å². The van der Waals surface area contributed by atoms with Crippen LogP contribution in [0.15, 0.2) is 48.8 Å². The Kier molecular flexibility index (Phi) is 6.02. The number of aliphatic hydroxyl groups is 1. The highest BCUT2D eigenvalue weighted by Crippen LogP contribution is 2.32. The molecule has 25 heavy (non-hydrogen) atoms. The number of pyridine rings is 1. The first kappa shape index (κ1) is 17.9. The zero-order valence-corrected chi connectivity index (χ0v) is 14.7. The Morgan fingerprint density at radius 3 is 2.76 bits per heavy atom. The van der Waals surface area contributed by atoms with Crippen LogP contribution in [0.5, 0.6) is 0 Å². The fourth-order valence-corrected chi connectivity index (χ4v) is 3.45. The molecular weight excluding hydrogens is 338 g/mol. The second kappa shape index (κ2) is 8.43. The number of nitrogens with one attached hydrogen (secondary N) is 1. The molecule has 1 aliphatic heterocycles. The van der Waals surface area contributed by atoms with Crippen LogP contribution in [0.25, 0.3) is 0 Å². The van der Waals surface area contributed by atoms with Crippen molar-refractivity contribution in [2.24, 2.45) is 5.92 Å². The lowest BCUT2D eigenvalue weighted by atomic mass is 9.90. The van der Waals surface area contributed by atoms with Crippen molar-refractivity contribution in [1.29, 1.82) is 0 Å². The topological polar surface area (TPSA) is 65.5 Å².